The molecule has 54 valence electrons. The van der Waals surface area contributed by atoms with Crippen LogP contribution in [-0.2, 0) is 7.05 Å². The molecule has 10 heavy (non-hydrogen) atoms. The summed E-state index contributed by atoms with van der Waals surface area (Å²) in [4.78, 5) is 0. The molecule has 2 N–H and O–H groups in total. The highest BCUT2D eigenvalue weighted by Gasteiger charge is 2.12. The normalized spacial score (nSPS) is 10.0. The first-order valence-corrected chi connectivity index (χ1v) is 3.58. The van der Waals surface area contributed by atoms with Gasteiger partial charge in [-0.3, -0.25) is 0 Å². The highest BCUT2D eigenvalue weighted by molar-refractivity contribution is 9.10. The van der Waals surface area contributed by atoms with Crippen LogP contribution in [0.2, 0.25) is 0 Å². The number of hydrogen-bond donors (Lipinski definition) is 2. The molecule has 1 aromatic rings. The summed E-state index contributed by atoms with van der Waals surface area (Å²) in [5.74, 6) is 0. The van der Waals surface area contributed by atoms with Gasteiger partial charge in [-0.2, -0.15) is 0 Å². The summed E-state index contributed by atoms with van der Waals surface area (Å²) in [5.41, 5.74) is 0.495. The number of rotatable bonds is 1. The van der Waals surface area contributed by atoms with Crippen molar-refractivity contribution in [1.29, 1.82) is 0 Å². The summed E-state index contributed by atoms with van der Waals surface area (Å²) >= 11 is 3.23. The van der Waals surface area contributed by atoms with E-state index in [1.54, 1.807) is 16.8 Å². The topological polar surface area (TPSA) is 45.4 Å². The molecule has 0 aliphatic carbocycles. The van der Waals surface area contributed by atoms with Crippen molar-refractivity contribution in [3.8, 4) is 0 Å². The van der Waals surface area contributed by atoms with Crippen LogP contribution in [0.4, 0.5) is 0 Å². The summed E-state index contributed by atoms with van der Waals surface area (Å²) in [6.45, 7) is 0. The highest BCUT2D eigenvalue weighted by atomic mass is 79.9. The maximum absolute atomic E-state index is 8.68. The zero-order valence-electron chi connectivity index (χ0n) is 5.45. The number of hydrogen-bond acceptors (Lipinski definition) is 2. The molecule has 0 bridgehead atoms. The third kappa shape index (κ3) is 1.42. The average Bonchev–Trinajstić information content (AvgIpc) is 2.13. The molecule has 3 nitrogen and oxygen atoms in total. The van der Waals surface area contributed by atoms with Gasteiger partial charge in [0, 0.05) is 18.7 Å². The van der Waals surface area contributed by atoms with E-state index in [2.05, 4.69) is 15.9 Å². The van der Waals surface area contributed by atoms with Crippen LogP contribution < -0.4 is 5.46 Å². The Labute approximate surface area is 67.6 Å². The van der Waals surface area contributed by atoms with Crippen molar-refractivity contribution in [2.45, 2.75) is 0 Å². The smallest absolute Gasteiger partial charge is 0.423 e. The van der Waals surface area contributed by atoms with Crippen molar-refractivity contribution >= 4 is 28.5 Å². The van der Waals surface area contributed by atoms with Crippen LogP contribution in [0.3, 0.4) is 0 Å². The Morgan fingerprint density at radius 3 is 2.40 bits per heavy atom. The summed E-state index contributed by atoms with van der Waals surface area (Å²) < 4.78 is 2.59. The minimum Gasteiger partial charge on any atom is -0.423 e. The lowest BCUT2D eigenvalue weighted by Crippen LogP contribution is -2.28. The Morgan fingerprint density at radius 2 is 2.20 bits per heavy atom. The molecule has 0 aromatic carbocycles. The van der Waals surface area contributed by atoms with Gasteiger partial charge in [-0.1, -0.05) is 0 Å². The Hall–Kier alpha value is -0.255. The summed E-state index contributed by atoms with van der Waals surface area (Å²) in [5, 5.41) is 17.4. The molecule has 1 aromatic heterocycles. The number of aromatic nitrogens is 1. The number of aryl methyl sites for hydroxylation is 1. The molecule has 0 aliphatic heterocycles. The Morgan fingerprint density at radius 1 is 1.60 bits per heavy atom. The third-order valence-electron chi connectivity index (χ3n) is 1.26. The van der Waals surface area contributed by atoms with Gasteiger partial charge in [0.25, 0.3) is 0 Å². The molecule has 0 unspecified atom stereocenters. The molecular weight excluding hydrogens is 197 g/mol. The summed E-state index contributed by atoms with van der Waals surface area (Å²) in [6.07, 6.45) is 1.65. The molecule has 0 atom stereocenters. The van der Waals surface area contributed by atoms with Gasteiger partial charge in [-0.05, 0) is 22.0 Å². The third-order valence-corrected chi connectivity index (χ3v) is 2.05. The van der Waals surface area contributed by atoms with Crippen molar-refractivity contribution < 1.29 is 10.0 Å². The summed E-state index contributed by atoms with van der Waals surface area (Å²) in [6, 6.07) is 1.66. The molecule has 0 radical (unpaired) electrons. The monoisotopic (exact) mass is 203 g/mol. The quantitative estimate of drug-likeness (QED) is 0.603. The van der Waals surface area contributed by atoms with Crippen molar-refractivity contribution in [3.05, 3.63) is 16.9 Å². The first kappa shape index (κ1) is 7.85. The second kappa shape index (κ2) is 2.78. The van der Waals surface area contributed by atoms with Crippen LogP contribution in [0.1, 0.15) is 0 Å². The molecule has 0 aliphatic rings. The van der Waals surface area contributed by atoms with Crippen molar-refractivity contribution in [3.63, 3.8) is 0 Å². The molecule has 0 fully saturated rings. The van der Waals surface area contributed by atoms with Gasteiger partial charge in [-0.25, -0.2) is 0 Å². The van der Waals surface area contributed by atoms with E-state index in [0.29, 0.717) is 5.46 Å². The number of halogens is 1. The molecule has 1 rings (SSSR count). The average molecular weight is 204 g/mol. The van der Waals surface area contributed by atoms with E-state index in [9.17, 15) is 0 Å². The SMILES string of the molecule is Cn1cc(B(O)O)cc1Br. The van der Waals surface area contributed by atoms with E-state index >= 15 is 0 Å². The zero-order valence-corrected chi connectivity index (χ0v) is 7.04. The van der Waals surface area contributed by atoms with E-state index in [0.717, 1.165) is 4.60 Å². The van der Waals surface area contributed by atoms with Crippen LogP contribution in [0.5, 0.6) is 0 Å². The van der Waals surface area contributed by atoms with Gasteiger partial charge >= 0.3 is 7.12 Å². The first-order valence-electron chi connectivity index (χ1n) is 2.79. The lowest BCUT2D eigenvalue weighted by atomic mass is 9.83. The maximum Gasteiger partial charge on any atom is 0.490 e. The zero-order chi connectivity index (χ0) is 7.72. The van der Waals surface area contributed by atoms with E-state index in [1.165, 1.54) is 0 Å². The van der Waals surface area contributed by atoms with Gasteiger partial charge in [0.15, 0.2) is 0 Å². The first-order chi connectivity index (χ1) is 4.61. The fourth-order valence-corrected chi connectivity index (χ4v) is 1.07. The Kier molecular flexibility index (Phi) is 2.18. The van der Waals surface area contributed by atoms with E-state index in [1.807, 2.05) is 7.05 Å². The van der Waals surface area contributed by atoms with Crippen LogP contribution in [-0.4, -0.2) is 21.7 Å². The fraction of sp³-hybridized carbons (Fsp3) is 0.200. The van der Waals surface area contributed by atoms with Gasteiger partial charge in [0.1, 0.15) is 0 Å². The van der Waals surface area contributed by atoms with E-state index in [4.69, 9.17) is 10.0 Å². The number of nitrogens with zero attached hydrogens (tertiary/aromatic N) is 1. The Bertz CT molecular complexity index is 216. The van der Waals surface area contributed by atoms with Gasteiger partial charge in [-0.15, -0.1) is 0 Å². The molecule has 0 spiro atoms. The molecular formula is C5H7BBrNO2. The lowest BCUT2D eigenvalue weighted by Gasteiger charge is -1.90. The van der Waals surface area contributed by atoms with Crippen LogP contribution in [0, 0.1) is 0 Å². The van der Waals surface area contributed by atoms with Gasteiger partial charge < -0.3 is 14.6 Å². The van der Waals surface area contributed by atoms with Crippen LogP contribution in [0.15, 0.2) is 16.9 Å². The Balaban J connectivity index is 2.98. The second-order valence-electron chi connectivity index (χ2n) is 2.08. The van der Waals surface area contributed by atoms with Crippen molar-refractivity contribution in [2.24, 2.45) is 7.05 Å². The molecule has 0 saturated heterocycles. The van der Waals surface area contributed by atoms with E-state index in [-0.39, 0.29) is 0 Å². The van der Waals surface area contributed by atoms with Gasteiger partial charge in [0.2, 0.25) is 0 Å². The van der Waals surface area contributed by atoms with E-state index < -0.39 is 7.12 Å². The highest BCUT2D eigenvalue weighted by Crippen LogP contribution is 2.05. The van der Waals surface area contributed by atoms with Crippen LogP contribution >= 0.6 is 15.9 Å². The minimum atomic E-state index is -1.38. The maximum atomic E-state index is 8.68. The molecule has 5 heteroatoms. The van der Waals surface area contributed by atoms with Crippen molar-refractivity contribution in [2.75, 3.05) is 0 Å². The molecule has 1 heterocycles. The summed E-state index contributed by atoms with van der Waals surface area (Å²) in [7, 11) is 0.438. The van der Waals surface area contributed by atoms with Gasteiger partial charge in [0.05, 0.1) is 4.60 Å². The second-order valence-corrected chi connectivity index (χ2v) is 2.89. The largest absolute Gasteiger partial charge is 0.490 e. The molecule has 0 amide bonds. The predicted octanol–water partition coefficient (Wildman–Crippen LogP) is -0.533. The standard InChI is InChI=1S/C5H7BBrNO2/c1-8-3-4(6(9)10)2-5(8)7/h2-3,9-10H,1H3. The fourth-order valence-electron chi connectivity index (χ4n) is 0.703. The minimum absolute atomic E-state index is 0.495. The van der Waals surface area contributed by atoms with Crippen LogP contribution in [0.25, 0.3) is 0 Å². The lowest BCUT2D eigenvalue weighted by molar-refractivity contribution is 0.425. The van der Waals surface area contributed by atoms with Crippen molar-refractivity contribution in [1.82, 2.24) is 4.57 Å². The molecule has 0 saturated carbocycles. The predicted molar refractivity (Wildman–Crippen MR) is 42.9 cm³/mol.